The van der Waals surface area contributed by atoms with Crippen molar-refractivity contribution in [1.29, 1.82) is 0 Å². The molecule has 3 heterocycles. The molecule has 0 radical (unpaired) electrons. The van der Waals surface area contributed by atoms with Crippen LogP contribution in [0.5, 0.6) is 0 Å². The molecule has 154 valence electrons. The number of alkyl halides is 2. The fourth-order valence-electron chi connectivity index (χ4n) is 3.13. The zero-order valence-electron chi connectivity index (χ0n) is 16.2. The fourth-order valence-corrected chi connectivity index (χ4v) is 3.13. The third kappa shape index (κ3) is 5.21. The summed E-state index contributed by atoms with van der Waals surface area (Å²) in [5.74, 6) is -3.24. The van der Waals surface area contributed by atoms with Crippen LogP contribution < -0.4 is 10.6 Å². The van der Waals surface area contributed by atoms with E-state index in [1.165, 1.54) is 6.92 Å². The largest absolute Gasteiger partial charge is 0.354 e. The summed E-state index contributed by atoms with van der Waals surface area (Å²) >= 11 is 0. The van der Waals surface area contributed by atoms with Crippen molar-refractivity contribution < 1.29 is 18.4 Å². The highest BCUT2D eigenvalue weighted by Gasteiger charge is 2.42. The van der Waals surface area contributed by atoms with Crippen molar-refractivity contribution in [2.24, 2.45) is 0 Å². The van der Waals surface area contributed by atoms with E-state index in [4.69, 9.17) is 0 Å². The molecule has 1 atom stereocenters. The molecule has 2 N–H and O–H groups in total. The Morgan fingerprint density at radius 2 is 2.00 bits per heavy atom. The summed E-state index contributed by atoms with van der Waals surface area (Å²) in [5.41, 5.74) is 0.623. The van der Waals surface area contributed by atoms with E-state index in [1.807, 2.05) is 0 Å². The van der Waals surface area contributed by atoms with Crippen LogP contribution in [0.25, 0.3) is 0 Å². The maximum absolute atomic E-state index is 14.0. The van der Waals surface area contributed by atoms with Crippen LogP contribution in [0.4, 0.5) is 20.5 Å². The first-order chi connectivity index (χ1) is 13.7. The van der Waals surface area contributed by atoms with Crippen LogP contribution in [-0.2, 0) is 4.79 Å². The second-order valence-electron chi connectivity index (χ2n) is 6.98. The molecule has 10 heteroatoms. The molecule has 0 saturated carbocycles. The van der Waals surface area contributed by atoms with Crippen LogP contribution in [0.3, 0.4) is 0 Å². The average molecular weight is 404 g/mol. The number of hydrogen-bond donors (Lipinski definition) is 2. The van der Waals surface area contributed by atoms with Gasteiger partial charge in [0.15, 0.2) is 0 Å². The number of carbonyl (C=O) groups is 2. The molecule has 1 fully saturated rings. The number of anilines is 2. The van der Waals surface area contributed by atoms with Gasteiger partial charge in [0, 0.05) is 38.3 Å². The number of rotatable bonds is 5. The van der Waals surface area contributed by atoms with E-state index in [-0.39, 0.29) is 31.0 Å². The molecule has 0 unspecified atom stereocenters. The molecule has 29 heavy (non-hydrogen) atoms. The molecular formula is C19H22F2N6O2. The van der Waals surface area contributed by atoms with Crippen LogP contribution in [0.2, 0.25) is 0 Å². The van der Waals surface area contributed by atoms with Crippen molar-refractivity contribution in [3.8, 4) is 0 Å². The molecule has 2 aromatic rings. The lowest BCUT2D eigenvalue weighted by molar-refractivity contribution is -0.119. The Morgan fingerprint density at radius 3 is 2.69 bits per heavy atom. The monoisotopic (exact) mass is 404 g/mol. The summed E-state index contributed by atoms with van der Waals surface area (Å²) < 4.78 is 28.1. The maximum atomic E-state index is 14.0. The number of aromatic nitrogens is 3. The Labute approximate surface area is 166 Å². The maximum Gasteiger partial charge on any atom is 0.273 e. The number of hydrogen-bond acceptors (Lipinski definition) is 6. The van der Waals surface area contributed by atoms with Gasteiger partial charge in [0.1, 0.15) is 11.5 Å². The molecule has 0 spiro atoms. The summed E-state index contributed by atoms with van der Waals surface area (Å²) in [7, 11) is 0. The highest BCUT2D eigenvalue weighted by molar-refractivity contribution is 5.94. The predicted molar refractivity (Wildman–Crippen MR) is 102 cm³/mol. The fraction of sp³-hybridized carbons (Fsp3) is 0.421. The molecule has 8 nitrogen and oxygen atoms in total. The highest BCUT2D eigenvalue weighted by Crippen LogP contribution is 2.31. The third-order valence-corrected chi connectivity index (χ3v) is 4.64. The van der Waals surface area contributed by atoms with Crippen LogP contribution in [0.15, 0.2) is 30.6 Å². The Kier molecular flexibility index (Phi) is 6.00. The first kappa shape index (κ1) is 20.6. The quantitative estimate of drug-likeness (QED) is 0.793. The average Bonchev–Trinajstić information content (AvgIpc) is 2.68. The summed E-state index contributed by atoms with van der Waals surface area (Å²) in [6.07, 6.45) is 2.87. The number of pyridine rings is 1. The lowest BCUT2D eigenvalue weighted by Gasteiger charge is -2.39. The number of halogens is 2. The van der Waals surface area contributed by atoms with Gasteiger partial charge in [-0.25, -0.2) is 23.7 Å². The third-order valence-electron chi connectivity index (χ3n) is 4.64. The van der Waals surface area contributed by atoms with E-state index in [0.29, 0.717) is 17.3 Å². The van der Waals surface area contributed by atoms with Gasteiger partial charge in [0.2, 0.25) is 11.9 Å². The Morgan fingerprint density at radius 1 is 1.28 bits per heavy atom. The van der Waals surface area contributed by atoms with Crippen LogP contribution in [0, 0.1) is 6.92 Å². The van der Waals surface area contributed by atoms with Gasteiger partial charge in [0.05, 0.1) is 6.54 Å². The van der Waals surface area contributed by atoms with Crippen molar-refractivity contribution in [2.45, 2.75) is 38.7 Å². The highest BCUT2D eigenvalue weighted by atomic mass is 19.3. The number of amides is 2. The Hall–Kier alpha value is -3.17. The van der Waals surface area contributed by atoms with Crippen LogP contribution in [-0.4, -0.2) is 56.7 Å². The van der Waals surface area contributed by atoms with Crippen LogP contribution in [0.1, 0.15) is 35.8 Å². The van der Waals surface area contributed by atoms with Gasteiger partial charge in [-0.1, -0.05) is 6.07 Å². The normalized spacial score (nSPS) is 18.2. The standard InChI is InChI=1S/C19H22F2N6O2/c1-12-4-5-15(26-18-22-8-3-9-23-18)25-16(12)17(29)27-11-19(20,21)7-6-14(27)10-24-13(2)28/h3-5,8-9,14H,6-7,10-11H2,1-2H3,(H,24,28)(H,22,23,25,26)/t14-/m1/s1. The number of piperidine rings is 1. The van der Waals surface area contributed by atoms with Crippen molar-refractivity contribution in [1.82, 2.24) is 25.2 Å². The zero-order chi connectivity index (χ0) is 21.0. The van der Waals surface area contributed by atoms with Gasteiger partial charge in [-0.3, -0.25) is 9.59 Å². The van der Waals surface area contributed by atoms with E-state index in [9.17, 15) is 18.4 Å². The van der Waals surface area contributed by atoms with Crippen molar-refractivity contribution in [3.05, 3.63) is 41.9 Å². The number of likely N-dealkylation sites (tertiary alicyclic amines) is 1. The summed E-state index contributed by atoms with van der Waals surface area (Å²) in [6, 6.07) is 4.47. The minimum absolute atomic E-state index is 0.0662. The lowest BCUT2D eigenvalue weighted by atomic mass is 9.98. The zero-order valence-corrected chi connectivity index (χ0v) is 16.2. The number of nitrogens with one attached hydrogen (secondary N) is 2. The van der Waals surface area contributed by atoms with Gasteiger partial charge in [0.25, 0.3) is 11.8 Å². The molecule has 2 aromatic heterocycles. The second kappa shape index (κ2) is 8.46. The molecule has 1 aliphatic heterocycles. The minimum Gasteiger partial charge on any atom is -0.354 e. The SMILES string of the molecule is CC(=O)NC[C@H]1CCC(F)(F)CN1C(=O)c1nc(Nc2ncccn2)ccc1C. The van der Waals surface area contributed by atoms with Gasteiger partial charge < -0.3 is 15.5 Å². The Bertz CT molecular complexity index is 894. The molecular weight excluding hydrogens is 382 g/mol. The Balaban J connectivity index is 1.85. The molecule has 2 amide bonds. The van der Waals surface area contributed by atoms with Gasteiger partial charge >= 0.3 is 0 Å². The first-order valence-electron chi connectivity index (χ1n) is 9.20. The van der Waals surface area contributed by atoms with E-state index in [0.717, 1.165) is 4.90 Å². The first-order valence-corrected chi connectivity index (χ1v) is 9.20. The molecule has 0 aromatic carbocycles. The van der Waals surface area contributed by atoms with Crippen molar-refractivity contribution >= 4 is 23.6 Å². The van der Waals surface area contributed by atoms with Gasteiger partial charge in [-0.2, -0.15) is 0 Å². The number of nitrogens with zero attached hydrogens (tertiary/aromatic N) is 4. The summed E-state index contributed by atoms with van der Waals surface area (Å²) in [5, 5.41) is 5.50. The number of carbonyl (C=O) groups excluding carboxylic acids is 2. The van der Waals surface area contributed by atoms with Crippen molar-refractivity contribution in [3.63, 3.8) is 0 Å². The molecule has 1 saturated heterocycles. The van der Waals surface area contributed by atoms with E-state index < -0.39 is 24.4 Å². The molecule has 0 aliphatic carbocycles. The topological polar surface area (TPSA) is 100 Å². The number of aryl methyl sites for hydroxylation is 1. The predicted octanol–water partition coefficient (Wildman–Crippen LogP) is 2.30. The van der Waals surface area contributed by atoms with Gasteiger partial charge in [-0.05, 0) is 31.0 Å². The van der Waals surface area contributed by atoms with Crippen LogP contribution >= 0.6 is 0 Å². The van der Waals surface area contributed by atoms with E-state index in [1.54, 1.807) is 37.5 Å². The molecule has 0 bridgehead atoms. The summed E-state index contributed by atoms with van der Waals surface area (Å²) in [6.45, 7) is 2.44. The molecule has 1 aliphatic rings. The minimum atomic E-state index is -2.98. The van der Waals surface area contributed by atoms with Gasteiger partial charge in [-0.15, -0.1) is 0 Å². The molecule has 3 rings (SSSR count). The second-order valence-corrected chi connectivity index (χ2v) is 6.98. The summed E-state index contributed by atoms with van der Waals surface area (Å²) in [4.78, 5) is 37.8. The smallest absolute Gasteiger partial charge is 0.273 e. The van der Waals surface area contributed by atoms with E-state index >= 15 is 0 Å². The van der Waals surface area contributed by atoms with Crippen molar-refractivity contribution in [2.75, 3.05) is 18.4 Å². The lowest BCUT2D eigenvalue weighted by Crippen LogP contribution is -2.55. The van der Waals surface area contributed by atoms with E-state index in [2.05, 4.69) is 25.6 Å².